The number of anilines is 2. The molecule has 1 aromatic heterocycles. The van der Waals surface area contributed by atoms with Gasteiger partial charge in [-0.2, -0.15) is 0 Å². The Morgan fingerprint density at radius 3 is 2.76 bits per heavy atom. The van der Waals surface area contributed by atoms with E-state index in [-0.39, 0.29) is 6.04 Å². The molecule has 1 rings (SSSR count). The van der Waals surface area contributed by atoms with Crippen LogP contribution < -0.4 is 16.2 Å². The Bertz CT molecular complexity index is 335. The van der Waals surface area contributed by atoms with Crippen molar-refractivity contribution in [3.05, 3.63) is 11.9 Å². The fraction of sp³-hybridized carbons (Fsp3) is 0.636. The van der Waals surface area contributed by atoms with Gasteiger partial charge in [-0.3, -0.25) is 0 Å². The summed E-state index contributed by atoms with van der Waals surface area (Å²) in [5.41, 5.74) is 2.56. The van der Waals surface area contributed by atoms with Gasteiger partial charge in [0.25, 0.3) is 0 Å². The van der Waals surface area contributed by atoms with E-state index in [9.17, 15) is 0 Å². The van der Waals surface area contributed by atoms with E-state index < -0.39 is 0 Å². The average molecular weight is 239 g/mol. The van der Waals surface area contributed by atoms with Crippen molar-refractivity contribution in [3.8, 4) is 0 Å². The first kappa shape index (κ1) is 13.7. The van der Waals surface area contributed by atoms with Crippen molar-refractivity contribution in [2.24, 2.45) is 5.84 Å². The molecule has 3 N–H and O–H groups in total. The smallest absolute Gasteiger partial charge is 0.145 e. The Balaban J connectivity index is 2.95. The number of rotatable bonds is 6. The minimum absolute atomic E-state index is 0.241. The highest BCUT2D eigenvalue weighted by atomic mass is 16.5. The number of likely N-dealkylation sites (N-methyl/N-ethyl adjacent to an activating group) is 1. The number of hydrogen-bond donors (Lipinski definition) is 2. The molecule has 0 spiro atoms. The molecule has 6 heteroatoms. The lowest BCUT2D eigenvalue weighted by Gasteiger charge is -2.25. The van der Waals surface area contributed by atoms with Crippen LogP contribution >= 0.6 is 0 Å². The van der Waals surface area contributed by atoms with Crippen LogP contribution in [0.5, 0.6) is 0 Å². The van der Waals surface area contributed by atoms with Crippen LogP contribution in [0.4, 0.5) is 11.6 Å². The maximum absolute atomic E-state index is 5.39. The van der Waals surface area contributed by atoms with Crippen molar-refractivity contribution < 1.29 is 4.74 Å². The molecule has 0 aromatic carbocycles. The second-order valence-corrected chi connectivity index (χ2v) is 3.94. The van der Waals surface area contributed by atoms with Gasteiger partial charge in [-0.05, 0) is 6.92 Å². The van der Waals surface area contributed by atoms with Gasteiger partial charge in [-0.1, -0.05) is 6.92 Å². The number of nitrogens with zero attached hydrogens (tertiary/aromatic N) is 3. The molecular formula is C11H21N5O. The number of hydrogen-bond acceptors (Lipinski definition) is 6. The van der Waals surface area contributed by atoms with Gasteiger partial charge in [-0.25, -0.2) is 15.8 Å². The Labute approximate surface area is 102 Å². The van der Waals surface area contributed by atoms with E-state index in [0.717, 1.165) is 18.1 Å². The van der Waals surface area contributed by atoms with Crippen LogP contribution in [0.3, 0.4) is 0 Å². The van der Waals surface area contributed by atoms with Crippen molar-refractivity contribution in [1.82, 2.24) is 9.97 Å². The molecule has 0 aliphatic heterocycles. The lowest BCUT2D eigenvalue weighted by molar-refractivity contribution is 0.183. The summed E-state index contributed by atoms with van der Waals surface area (Å²) in [4.78, 5) is 10.8. The van der Waals surface area contributed by atoms with Gasteiger partial charge in [0.15, 0.2) is 0 Å². The quantitative estimate of drug-likeness (QED) is 0.565. The van der Waals surface area contributed by atoms with Crippen molar-refractivity contribution in [2.75, 3.05) is 31.1 Å². The third-order valence-corrected chi connectivity index (χ3v) is 2.65. The van der Waals surface area contributed by atoms with E-state index >= 15 is 0 Å². The predicted molar refractivity (Wildman–Crippen MR) is 69.0 cm³/mol. The first-order valence-electron chi connectivity index (χ1n) is 5.68. The van der Waals surface area contributed by atoms with E-state index in [1.165, 1.54) is 0 Å². The highest BCUT2D eigenvalue weighted by Gasteiger charge is 2.13. The molecule has 1 atom stereocenters. The molecule has 0 saturated carbocycles. The number of ether oxygens (including phenoxy) is 1. The molecular weight excluding hydrogens is 218 g/mol. The minimum atomic E-state index is 0.241. The van der Waals surface area contributed by atoms with Gasteiger partial charge in [-0.15, -0.1) is 0 Å². The Morgan fingerprint density at radius 2 is 2.24 bits per heavy atom. The van der Waals surface area contributed by atoms with Crippen molar-refractivity contribution in [2.45, 2.75) is 26.3 Å². The second-order valence-electron chi connectivity index (χ2n) is 3.94. The zero-order valence-electron chi connectivity index (χ0n) is 10.9. The van der Waals surface area contributed by atoms with Gasteiger partial charge in [0.1, 0.15) is 17.5 Å². The highest BCUT2D eigenvalue weighted by Crippen LogP contribution is 2.16. The molecule has 17 heavy (non-hydrogen) atoms. The summed E-state index contributed by atoms with van der Waals surface area (Å²) in [6, 6.07) is 2.07. The average Bonchev–Trinajstić information content (AvgIpc) is 2.37. The van der Waals surface area contributed by atoms with E-state index in [1.807, 2.05) is 24.9 Å². The molecule has 1 aromatic rings. The summed E-state index contributed by atoms with van der Waals surface area (Å²) in [6.07, 6.45) is 0.773. The Kier molecular flexibility index (Phi) is 5.11. The highest BCUT2D eigenvalue weighted by molar-refractivity contribution is 5.49. The lowest BCUT2D eigenvalue weighted by Crippen LogP contribution is -2.33. The van der Waals surface area contributed by atoms with Crippen LogP contribution in [0.1, 0.15) is 19.7 Å². The fourth-order valence-electron chi connectivity index (χ4n) is 1.47. The molecule has 0 fully saturated rings. The second kappa shape index (κ2) is 6.36. The van der Waals surface area contributed by atoms with Crippen LogP contribution in [-0.2, 0) is 11.2 Å². The van der Waals surface area contributed by atoms with Gasteiger partial charge in [0.05, 0.1) is 12.6 Å². The van der Waals surface area contributed by atoms with Crippen molar-refractivity contribution >= 4 is 11.6 Å². The summed E-state index contributed by atoms with van der Waals surface area (Å²) in [6.45, 7) is 4.73. The molecule has 0 aliphatic carbocycles. The predicted octanol–water partition coefficient (Wildman–Crippen LogP) is 0.796. The normalized spacial score (nSPS) is 12.3. The summed E-state index contributed by atoms with van der Waals surface area (Å²) in [5, 5.41) is 0. The molecule has 0 aliphatic rings. The zero-order chi connectivity index (χ0) is 12.8. The third kappa shape index (κ3) is 3.54. The van der Waals surface area contributed by atoms with E-state index in [4.69, 9.17) is 10.6 Å². The molecule has 0 radical (unpaired) electrons. The zero-order valence-corrected chi connectivity index (χ0v) is 10.9. The number of methoxy groups -OCH3 is 1. The summed E-state index contributed by atoms with van der Waals surface area (Å²) in [5.74, 6) is 7.63. The molecule has 6 nitrogen and oxygen atoms in total. The SMILES string of the molecule is CCc1nc(NN)cc(N(C)C(C)COC)n1. The van der Waals surface area contributed by atoms with Crippen molar-refractivity contribution in [3.63, 3.8) is 0 Å². The largest absolute Gasteiger partial charge is 0.383 e. The van der Waals surface area contributed by atoms with Gasteiger partial charge >= 0.3 is 0 Å². The number of nitrogens with one attached hydrogen (secondary N) is 1. The molecule has 1 unspecified atom stereocenters. The van der Waals surface area contributed by atoms with E-state index in [1.54, 1.807) is 7.11 Å². The number of nitrogens with two attached hydrogens (primary N) is 1. The van der Waals surface area contributed by atoms with E-state index in [0.29, 0.717) is 12.4 Å². The van der Waals surface area contributed by atoms with Crippen LogP contribution in [0, 0.1) is 0 Å². The van der Waals surface area contributed by atoms with E-state index in [2.05, 4.69) is 22.3 Å². The monoisotopic (exact) mass is 239 g/mol. The van der Waals surface area contributed by atoms with Crippen LogP contribution in [0.25, 0.3) is 0 Å². The molecule has 96 valence electrons. The number of aryl methyl sites for hydroxylation is 1. The number of hydrazine groups is 1. The number of aromatic nitrogens is 2. The molecule has 0 bridgehead atoms. The molecule has 0 amide bonds. The first-order valence-corrected chi connectivity index (χ1v) is 5.68. The lowest BCUT2D eigenvalue weighted by atomic mass is 10.3. The number of nitrogen functional groups attached to an aromatic ring is 1. The van der Waals surface area contributed by atoms with Crippen LogP contribution in [0.15, 0.2) is 6.07 Å². The van der Waals surface area contributed by atoms with Gasteiger partial charge in [0.2, 0.25) is 0 Å². The van der Waals surface area contributed by atoms with Crippen LogP contribution in [-0.4, -0.2) is 36.8 Å². The summed E-state index contributed by atoms with van der Waals surface area (Å²) < 4.78 is 5.13. The topological polar surface area (TPSA) is 76.3 Å². The fourth-order valence-corrected chi connectivity index (χ4v) is 1.47. The molecule has 0 saturated heterocycles. The summed E-state index contributed by atoms with van der Waals surface area (Å²) >= 11 is 0. The van der Waals surface area contributed by atoms with Crippen molar-refractivity contribution in [1.29, 1.82) is 0 Å². The molecule has 1 heterocycles. The maximum atomic E-state index is 5.39. The first-order chi connectivity index (χ1) is 8.12. The van der Waals surface area contributed by atoms with Gasteiger partial charge in [0, 0.05) is 26.6 Å². The van der Waals surface area contributed by atoms with Gasteiger partial charge < -0.3 is 15.1 Å². The Morgan fingerprint density at radius 1 is 1.53 bits per heavy atom. The standard InChI is InChI=1S/C11H21N5O/c1-5-9-13-10(15-12)6-11(14-9)16(3)8(2)7-17-4/h6,8H,5,7,12H2,1-4H3,(H,13,14,15). The Hall–Kier alpha value is -1.40. The third-order valence-electron chi connectivity index (χ3n) is 2.65. The van der Waals surface area contributed by atoms with Crippen LogP contribution in [0.2, 0.25) is 0 Å². The summed E-state index contributed by atoms with van der Waals surface area (Å²) in [7, 11) is 3.67. The maximum Gasteiger partial charge on any atom is 0.145 e. The minimum Gasteiger partial charge on any atom is -0.383 e.